The lowest BCUT2D eigenvalue weighted by Gasteiger charge is -2.30. The first-order chi connectivity index (χ1) is 12.2. The molecule has 1 aliphatic rings. The van der Waals surface area contributed by atoms with Crippen LogP contribution in [0.15, 0.2) is 71.2 Å². The number of rotatable bonds is 1. The summed E-state index contributed by atoms with van der Waals surface area (Å²) in [6, 6.07) is 21.7. The van der Waals surface area contributed by atoms with E-state index in [1.165, 1.54) is 0 Å². The number of benzene rings is 3. The molecular weight excluding hydrogens is 378 g/mol. The molecular formula is C20H14BrN3O. The van der Waals surface area contributed by atoms with E-state index in [2.05, 4.69) is 37.9 Å². The number of imidazole rings is 1. The van der Waals surface area contributed by atoms with Gasteiger partial charge < -0.3 is 10.4 Å². The minimum Gasteiger partial charge on any atom is -0.508 e. The van der Waals surface area contributed by atoms with Gasteiger partial charge in [-0.25, -0.2) is 4.98 Å². The van der Waals surface area contributed by atoms with Crippen molar-refractivity contribution >= 4 is 32.7 Å². The Labute approximate surface area is 152 Å². The minimum absolute atomic E-state index is 0.241. The maximum Gasteiger partial charge on any atom is 0.145 e. The van der Waals surface area contributed by atoms with Crippen LogP contribution < -0.4 is 5.32 Å². The van der Waals surface area contributed by atoms with Crippen LogP contribution in [0, 0.1) is 0 Å². The molecule has 0 spiro atoms. The summed E-state index contributed by atoms with van der Waals surface area (Å²) >= 11 is 3.51. The van der Waals surface area contributed by atoms with Crippen molar-refractivity contribution in [2.24, 2.45) is 0 Å². The molecule has 0 unspecified atom stereocenters. The molecule has 1 aromatic heterocycles. The number of aromatic nitrogens is 2. The van der Waals surface area contributed by atoms with Gasteiger partial charge in [-0.05, 0) is 42.5 Å². The van der Waals surface area contributed by atoms with Crippen molar-refractivity contribution in [2.45, 2.75) is 6.17 Å². The van der Waals surface area contributed by atoms with Gasteiger partial charge in [0.1, 0.15) is 17.7 Å². The summed E-state index contributed by atoms with van der Waals surface area (Å²) in [5, 5.41) is 14.0. The lowest BCUT2D eigenvalue weighted by molar-refractivity contribution is 0.459. The first-order valence-corrected chi connectivity index (χ1v) is 8.83. The van der Waals surface area contributed by atoms with Crippen molar-refractivity contribution in [3.05, 3.63) is 76.8 Å². The van der Waals surface area contributed by atoms with Crippen molar-refractivity contribution in [2.75, 3.05) is 5.32 Å². The largest absolute Gasteiger partial charge is 0.508 e. The molecule has 0 bridgehead atoms. The molecule has 0 amide bonds. The maximum absolute atomic E-state index is 10.5. The lowest BCUT2D eigenvalue weighted by atomic mass is 10.0. The minimum atomic E-state index is -0.241. The molecule has 1 atom stereocenters. The number of aromatic hydroxyl groups is 1. The van der Waals surface area contributed by atoms with Gasteiger partial charge in [-0.15, -0.1) is 0 Å². The first-order valence-electron chi connectivity index (χ1n) is 8.04. The highest BCUT2D eigenvalue weighted by molar-refractivity contribution is 9.10. The standard InChI is InChI=1S/C20H14BrN3O/c21-12-9-10-18(25)14(11-12)20-22-15-6-2-1-5-13(15)19-23-16-7-3-4-8-17(16)24(19)20/h1-11,20,22,25H/t20-/m0/s1. The van der Waals surface area contributed by atoms with Crippen LogP contribution in [0.3, 0.4) is 0 Å². The first kappa shape index (κ1) is 14.5. The van der Waals surface area contributed by atoms with Crippen LogP contribution in [0.5, 0.6) is 5.75 Å². The Morgan fingerprint density at radius 1 is 1.00 bits per heavy atom. The number of phenols is 1. The summed E-state index contributed by atoms with van der Waals surface area (Å²) in [4.78, 5) is 4.85. The zero-order chi connectivity index (χ0) is 17.0. The normalized spacial score (nSPS) is 15.5. The van der Waals surface area contributed by atoms with E-state index in [0.717, 1.165) is 38.1 Å². The average molecular weight is 392 g/mol. The molecule has 25 heavy (non-hydrogen) atoms. The molecule has 0 aliphatic carbocycles. The third kappa shape index (κ3) is 2.16. The van der Waals surface area contributed by atoms with E-state index in [-0.39, 0.29) is 11.9 Å². The Kier molecular flexibility index (Phi) is 3.12. The van der Waals surface area contributed by atoms with Crippen LogP contribution in [0.2, 0.25) is 0 Å². The van der Waals surface area contributed by atoms with E-state index < -0.39 is 0 Å². The summed E-state index contributed by atoms with van der Waals surface area (Å²) in [6.07, 6.45) is -0.241. The second-order valence-electron chi connectivity index (χ2n) is 6.09. The van der Waals surface area contributed by atoms with Crippen LogP contribution in [0.25, 0.3) is 22.4 Å². The predicted octanol–water partition coefficient (Wildman–Crippen LogP) is 5.14. The molecule has 5 heteroatoms. The number of nitrogens with one attached hydrogen (secondary N) is 1. The molecule has 0 saturated heterocycles. The fourth-order valence-electron chi connectivity index (χ4n) is 3.47. The number of halogens is 1. The molecule has 5 rings (SSSR count). The summed E-state index contributed by atoms with van der Waals surface area (Å²) in [6.45, 7) is 0. The molecule has 122 valence electrons. The Morgan fingerprint density at radius 3 is 2.72 bits per heavy atom. The third-order valence-corrected chi connectivity index (χ3v) is 5.09. The van der Waals surface area contributed by atoms with Crippen molar-refractivity contribution in [3.8, 4) is 17.1 Å². The number of hydrogen-bond acceptors (Lipinski definition) is 3. The molecule has 0 fully saturated rings. The highest BCUT2D eigenvalue weighted by Gasteiger charge is 2.29. The van der Waals surface area contributed by atoms with Gasteiger partial charge in [0.25, 0.3) is 0 Å². The Bertz CT molecular complexity index is 1120. The lowest BCUT2D eigenvalue weighted by Crippen LogP contribution is -2.24. The van der Waals surface area contributed by atoms with Gasteiger partial charge in [0, 0.05) is 21.3 Å². The number of phenolic OH excluding ortho intramolecular Hbond substituents is 1. The molecule has 1 aliphatic heterocycles. The van der Waals surface area contributed by atoms with E-state index in [1.54, 1.807) is 6.07 Å². The fourth-order valence-corrected chi connectivity index (χ4v) is 3.85. The Balaban J connectivity index is 1.85. The van der Waals surface area contributed by atoms with Crippen LogP contribution in [0.1, 0.15) is 11.7 Å². The average Bonchev–Trinajstić information content (AvgIpc) is 3.03. The Hall–Kier alpha value is -2.79. The van der Waals surface area contributed by atoms with Gasteiger partial charge in [0.15, 0.2) is 0 Å². The number of para-hydroxylation sites is 3. The quantitative estimate of drug-likeness (QED) is 0.472. The van der Waals surface area contributed by atoms with E-state index in [4.69, 9.17) is 4.98 Å². The number of anilines is 1. The fraction of sp³-hybridized carbons (Fsp3) is 0.0500. The maximum atomic E-state index is 10.5. The van der Waals surface area contributed by atoms with E-state index >= 15 is 0 Å². The SMILES string of the molecule is Oc1ccc(Br)cc1[C@H]1Nc2ccccc2-c2nc3ccccc3n21. The highest BCUT2D eigenvalue weighted by atomic mass is 79.9. The topological polar surface area (TPSA) is 50.1 Å². The monoisotopic (exact) mass is 391 g/mol. The third-order valence-electron chi connectivity index (χ3n) is 4.60. The summed E-state index contributed by atoms with van der Waals surface area (Å²) in [7, 11) is 0. The summed E-state index contributed by atoms with van der Waals surface area (Å²) in [5.74, 6) is 1.16. The van der Waals surface area contributed by atoms with Crippen molar-refractivity contribution in [1.29, 1.82) is 0 Å². The van der Waals surface area contributed by atoms with Gasteiger partial charge in [0.05, 0.1) is 11.0 Å². The van der Waals surface area contributed by atoms with Crippen molar-refractivity contribution in [1.82, 2.24) is 9.55 Å². The highest BCUT2D eigenvalue weighted by Crippen LogP contribution is 2.42. The van der Waals surface area contributed by atoms with Crippen molar-refractivity contribution in [3.63, 3.8) is 0 Å². The predicted molar refractivity (Wildman–Crippen MR) is 103 cm³/mol. The van der Waals surface area contributed by atoms with Gasteiger partial charge in [-0.2, -0.15) is 0 Å². The van der Waals surface area contributed by atoms with Crippen LogP contribution in [-0.4, -0.2) is 14.7 Å². The van der Waals surface area contributed by atoms with Crippen LogP contribution in [-0.2, 0) is 0 Å². The molecule has 4 aromatic rings. The van der Waals surface area contributed by atoms with Crippen LogP contribution in [0.4, 0.5) is 5.69 Å². The molecule has 3 aromatic carbocycles. The van der Waals surface area contributed by atoms with Crippen molar-refractivity contribution < 1.29 is 5.11 Å². The van der Waals surface area contributed by atoms with Gasteiger partial charge in [-0.1, -0.05) is 40.2 Å². The van der Waals surface area contributed by atoms with Gasteiger partial charge in [0.2, 0.25) is 0 Å². The molecule has 2 N–H and O–H groups in total. The zero-order valence-corrected chi connectivity index (χ0v) is 14.7. The molecule has 0 saturated carbocycles. The van der Waals surface area contributed by atoms with Gasteiger partial charge >= 0.3 is 0 Å². The smallest absolute Gasteiger partial charge is 0.145 e. The number of fused-ring (bicyclic) bond motifs is 5. The second-order valence-corrected chi connectivity index (χ2v) is 7.01. The Morgan fingerprint density at radius 2 is 1.80 bits per heavy atom. The summed E-state index contributed by atoms with van der Waals surface area (Å²) in [5.41, 5.74) is 4.84. The molecule has 0 radical (unpaired) electrons. The molecule has 2 heterocycles. The van der Waals surface area contributed by atoms with E-state index in [0.29, 0.717) is 0 Å². The summed E-state index contributed by atoms with van der Waals surface area (Å²) < 4.78 is 3.08. The molecule has 4 nitrogen and oxygen atoms in total. The van der Waals surface area contributed by atoms with E-state index in [9.17, 15) is 5.11 Å². The second kappa shape index (κ2) is 5.36. The zero-order valence-electron chi connectivity index (χ0n) is 13.1. The van der Waals surface area contributed by atoms with Crippen LogP contribution >= 0.6 is 15.9 Å². The van der Waals surface area contributed by atoms with Gasteiger partial charge in [-0.3, -0.25) is 4.57 Å². The number of nitrogens with zero attached hydrogens (tertiary/aromatic N) is 2. The van der Waals surface area contributed by atoms with E-state index in [1.807, 2.05) is 48.5 Å². The number of hydrogen-bond donors (Lipinski definition) is 2.